The molecule has 3 aromatic carbocycles. The summed E-state index contributed by atoms with van der Waals surface area (Å²) in [6.07, 6.45) is 0.133. The first-order valence-electron chi connectivity index (χ1n) is 42.7. The average molecular weight is 1730 g/mol. The van der Waals surface area contributed by atoms with Crippen LogP contribution in [0.2, 0.25) is 0 Å². The molecule has 0 spiro atoms. The van der Waals surface area contributed by atoms with Gasteiger partial charge in [-0.1, -0.05) is 108 Å². The first-order chi connectivity index (χ1) is 57.9. The van der Waals surface area contributed by atoms with Gasteiger partial charge in [-0.25, -0.2) is 14.4 Å². The topological polar surface area (TPSA) is 454 Å². The number of alkyl carbamates (subject to hydrolysis) is 1. The van der Waals surface area contributed by atoms with E-state index in [-0.39, 0.29) is 125 Å². The molecule has 0 saturated carbocycles. The second-order valence-corrected chi connectivity index (χ2v) is 37.6. The number of carboxylic acid groups (broad SMARTS) is 1. The van der Waals surface area contributed by atoms with Crippen molar-refractivity contribution < 1.29 is 101 Å². The highest BCUT2D eigenvalue weighted by Crippen LogP contribution is 2.45. The number of nitrogens with zero attached hydrogens (tertiary/aromatic N) is 3. The number of carbonyl (C=O) groups is 14. The zero-order chi connectivity index (χ0) is 92.1. The van der Waals surface area contributed by atoms with Crippen LogP contribution in [0.1, 0.15) is 225 Å². The Bertz CT molecular complexity index is 4550. The third-order valence-electron chi connectivity index (χ3n) is 20.5. The van der Waals surface area contributed by atoms with Crippen LogP contribution in [0.4, 0.5) is 9.59 Å². The Morgan fingerprint density at radius 2 is 1.11 bits per heavy atom. The number of allylic oxidation sites excluding steroid dienone is 2. The number of aliphatic imine (C=N–C) groups is 1. The zero-order valence-electron chi connectivity index (χ0n) is 75.3. The number of carbonyl (C=O) groups excluding carboxylic acids is 13. The van der Waals surface area contributed by atoms with Crippen molar-refractivity contribution in [3.05, 3.63) is 107 Å². The number of ketones is 1. The maximum atomic E-state index is 15.6. The van der Waals surface area contributed by atoms with Crippen LogP contribution in [-0.2, 0) is 87.6 Å². The van der Waals surface area contributed by atoms with Gasteiger partial charge in [0.2, 0.25) is 53.2 Å². The highest BCUT2D eigenvalue weighted by Gasteiger charge is 2.41. The minimum Gasteiger partial charge on any atom is -0.511 e. The third-order valence-corrected chi connectivity index (χ3v) is 20.5. The lowest BCUT2D eigenvalue weighted by molar-refractivity contribution is -0.155. The van der Waals surface area contributed by atoms with Crippen LogP contribution in [0.5, 0.6) is 0 Å². The van der Waals surface area contributed by atoms with Crippen LogP contribution in [0.25, 0.3) is 22.0 Å². The molecule has 124 heavy (non-hydrogen) atoms. The molecule has 1 fully saturated rings. The first-order valence-corrected chi connectivity index (χ1v) is 42.7. The summed E-state index contributed by atoms with van der Waals surface area (Å²) in [6, 6.07) is 11.3. The van der Waals surface area contributed by atoms with Gasteiger partial charge in [-0.2, -0.15) is 0 Å². The minimum atomic E-state index is -1.58. The Labute approximate surface area is 726 Å². The Morgan fingerprint density at radius 3 is 1.68 bits per heavy atom. The van der Waals surface area contributed by atoms with E-state index in [1.54, 1.807) is 135 Å². The second kappa shape index (κ2) is 44.0. The Balaban J connectivity index is 1.10. The van der Waals surface area contributed by atoms with Crippen LogP contribution in [0.15, 0.2) is 95.3 Å². The van der Waals surface area contributed by atoms with Crippen LogP contribution in [-0.4, -0.2) is 225 Å². The number of carboxylic acids is 1. The number of aliphatic carboxylic acids is 1. The molecule has 7 rings (SSSR count). The number of hydrogen-bond acceptors (Lipinski definition) is 21. The smallest absolute Gasteiger partial charge is 0.419 e. The van der Waals surface area contributed by atoms with Gasteiger partial charge in [0.15, 0.2) is 11.8 Å². The molecule has 0 bridgehead atoms. The number of aliphatic hydroxyl groups is 1. The summed E-state index contributed by atoms with van der Waals surface area (Å²) < 4.78 is 29.9. The summed E-state index contributed by atoms with van der Waals surface area (Å²) >= 11 is 0. The van der Waals surface area contributed by atoms with Crippen molar-refractivity contribution in [3.63, 3.8) is 0 Å². The molecule has 1 aromatic heterocycles. The van der Waals surface area contributed by atoms with Crippen molar-refractivity contribution in [2.75, 3.05) is 46.0 Å². The van der Waals surface area contributed by atoms with Gasteiger partial charge >= 0.3 is 24.1 Å². The molecule has 8 atom stereocenters. The maximum Gasteiger partial charge on any atom is 0.419 e. The zero-order valence-corrected chi connectivity index (χ0v) is 75.3. The molecule has 2 aliphatic carbocycles. The van der Waals surface area contributed by atoms with Gasteiger partial charge in [-0.3, -0.25) is 62.3 Å². The highest BCUT2D eigenvalue weighted by molar-refractivity contribution is 6.23. The molecule has 4 aromatic rings. The lowest BCUT2D eigenvalue weighted by Gasteiger charge is -2.30. The summed E-state index contributed by atoms with van der Waals surface area (Å²) in [7, 11) is 0. The van der Waals surface area contributed by atoms with E-state index in [0.717, 1.165) is 22.3 Å². The predicted octanol–water partition coefficient (Wildman–Crippen LogP) is 8.77. The number of hydrogen-bond donors (Lipinski definition) is 11. The van der Waals surface area contributed by atoms with Gasteiger partial charge in [0.05, 0.1) is 48.6 Å². The SMILES string of the molecule is CC(=N[C@@H](CCCCNC(=O)OCC1c2ccccc2-c2ccccc21)C(=O)N[C@@H](Cc1cn(C(=O)OC(C)(C)C)c2ccccc12)C(=O)N[C@@H](CC(C)C)C(=O)N[C@@H](CC(C)C)C(=O)N[C@@H](CCC(=O)OC(C)(C)C)C(=O)NCC(=O)NCC(=O)N1CCC[C@H]1C(=O)N[C@@H](COC(C)(C)C)C(=O)N[C@@H](COC(C)(C)C)C(=O)O)C1=C(O)CC(C)(C)CC1=O. The average Bonchev–Trinajstić information content (AvgIpc) is 1.60. The van der Waals surface area contributed by atoms with E-state index in [4.69, 9.17) is 28.7 Å². The number of aromatic nitrogens is 1. The molecule has 1 saturated heterocycles. The third kappa shape index (κ3) is 31.0. The fourth-order valence-corrected chi connectivity index (χ4v) is 14.8. The molecule has 33 nitrogen and oxygen atoms in total. The van der Waals surface area contributed by atoms with E-state index in [0.29, 0.717) is 29.3 Å². The van der Waals surface area contributed by atoms with Crippen LogP contribution >= 0.6 is 0 Å². The number of ether oxygens (including phenoxy) is 5. The summed E-state index contributed by atoms with van der Waals surface area (Å²) in [5.74, 6) is -11.2. The molecule has 10 amide bonds. The van der Waals surface area contributed by atoms with Crippen molar-refractivity contribution in [2.24, 2.45) is 22.2 Å². The number of nitrogens with one attached hydrogen (secondary N) is 9. The van der Waals surface area contributed by atoms with Gasteiger partial charge < -0.3 is 86.6 Å². The largest absolute Gasteiger partial charge is 0.511 e. The van der Waals surface area contributed by atoms with E-state index in [1.165, 1.54) is 22.6 Å². The van der Waals surface area contributed by atoms with Crippen molar-refractivity contribution in [1.29, 1.82) is 0 Å². The number of para-hydroxylation sites is 1. The fraction of sp³-hybridized carbons (Fsp3) is 0.593. The van der Waals surface area contributed by atoms with E-state index in [2.05, 4.69) is 47.9 Å². The molecule has 1 aliphatic heterocycles. The summed E-state index contributed by atoms with van der Waals surface area (Å²) in [5, 5.41) is 45.7. The van der Waals surface area contributed by atoms with Gasteiger partial charge in [0.25, 0.3) is 0 Å². The fourth-order valence-electron chi connectivity index (χ4n) is 14.8. The van der Waals surface area contributed by atoms with E-state index in [1.807, 2.05) is 62.4 Å². The first kappa shape index (κ1) is 100. The van der Waals surface area contributed by atoms with Crippen molar-refractivity contribution in [1.82, 2.24) is 57.3 Å². The quantitative estimate of drug-likeness (QED) is 0.00857. The molecule has 0 radical (unpaired) electrons. The lowest BCUT2D eigenvalue weighted by Crippen LogP contribution is -2.59. The number of Topliss-reactive ketones (excluding diaryl/α,β-unsaturated/α-hetero) is 1. The van der Waals surface area contributed by atoms with Crippen molar-refractivity contribution in [2.45, 2.75) is 285 Å². The number of benzene rings is 3. The highest BCUT2D eigenvalue weighted by atomic mass is 16.6. The number of likely N-dealkylation sites (tertiary alicyclic amines) is 1. The summed E-state index contributed by atoms with van der Waals surface area (Å²) in [6.45, 7) is 30.7. The Kier molecular flexibility index (Phi) is 35.5. The number of aliphatic hydroxyl groups excluding tert-OH is 1. The second-order valence-electron chi connectivity index (χ2n) is 37.6. The molecular weight excluding hydrogens is 1600 g/mol. The molecule has 2 heterocycles. The number of amides is 10. The lowest BCUT2D eigenvalue weighted by atomic mass is 9.75. The molecule has 680 valence electrons. The van der Waals surface area contributed by atoms with E-state index in [9.17, 15) is 63.0 Å². The van der Waals surface area contributed by atoms with Gasteiger partial charge in [0.1, 0.15) is 65.9 Å². The van der Waals surface area contributed by atoms with Crippen molar-refractivity contribution in [3.8, 4) is 11.1 Å². The predicted molar refractivity (Wildman–Crippen MR) is 464 cm³/mol. The minimum absolute atomic E-state index is 0.0151. The van der Waals surface area contributed by atoms with E-state index >= 15 is 14.4 Å². The van der Waals surface area contributed by atoms with Crippen LogP contribution < -0.4 is 47.9 Å². The number of unbranched alkanes of at least 4 members (excludes halogenated alkanes) is 1. The molecule has 11 N–H and O–H groups in total. The summed E-state index contributed by atoms with van der Waals surface area (Å²) in [5.41, 5.74) is 0.996. The van der Waals surface area contributed by atoms with Gasteiger partial charge in [-0.15, -0.1) is 0 Å². The van der Waals surface area contributed by atoms with Gasteiger partial charge in [-0.05, 0) is 193 Å². The Hall–Kier alpha value is -11.1. The number of rotatable bonds is 40. The number of esters is 1. The number of fused-ring (bicyclic) bond motifs is 4. The van der Waals surface area contributed by atoms with Crippen molar-refractivity contribution >= 4 is 99.7 Å². The molecule has 3 aliphatic rings. The maximum absolute atomic E-state index is 15.6. The normalized spacial score (nSPS) is 16.6. The monoisotopic (exact) mass is 1730 g/mol. The summed E-state index contributed by atoms with van der Waals surface area (Å²) in [4.78, 5) is 203. The van der Waals surface area contributed by atoms with Gasteiger partial charge in [0, 0.05) is 62.0 Å². The molecular formula is C91H130N12O21. The molecule has 0 unspecified atom stereocenters. The standard InChI is InChI=1S/C91H130N12O21/c1-52(2)41-64(79(111)96-63(37-38-75(108)123-89(12,13)14)77(109)94-46-73(106)93-47-74(107)102-40-28-36-70(102)83(115)100-67(50-121-87(6,7)8)82(114)101-68(84(116)117)51-122-88(9,10)11)97-80(112)65(42-53(3)4)98-81(113)66(43-55-48-103(86(119)124-90(15,16)17)69-35-25-24-29-56(55)69)99-78(110)62(95-54(5)76-71(104)44-91(18,19)45-72(76)105)34-26-27-39-92-85(118)120-49-61-59-32-22-20-30-57(59)58-31-21-23-33-60(58)61/h20-25,29-33,35,48,52-53,61-68,70,104H,26-28,34,36-47,49-51H2,1-19H3,(H,92,118)(H,93,106)(H,94,109)(H,96,111)(H,97,112)(H,98,113)(H,99,110)(H,100,115)(H,101,114)(H,116,117)/t62-,63-,64-,65-,66-,67-,68-,70-/m0/s1. The van der Waals surface area contributed by atoms with E-state index < -0.39 is 179 Å². The Morgan fingerprint density at radius 1 is 0.581 bits per heavy atom. The molecule has 33 heteroatoms. The van der Waals surface area contributed by atoms with Crippen LogP contribution in [0.3, 0.4) is 0 Å². The van der Waals surface area contributed by atoms with Crippen LogP contribution in [0, 0.1) is 17.3 Å².